The first-order valence-corrected chi connectivity index (χ1v) is 32.6. The number of rotatable bonds is 5. The van der Waals surface area contributed by atoms with E-state index in [0.717, 1.165) is 0 Å². The molecule has 2 aliphatic rings. The van der Waals surface area contributed by atoms with Crippen molar-refractivity contribution in [2.45, 2.75) is 70.4 Å². The summed E-state index contributed by atoms with van der Waals surface area (Å²) < 4.78 is 6.53. The molecule has 0 bridgehead atoms. The number of hydrogen-bond acceptors (Lipinski definition) is 0. The molecule has 0 fully saturated rings. The van der Waals surface area contributed by atoms with E-state index in [0.29, 0.717) is 13.2 Å². The van der Waals surface area contributed by atoms with Crippen LogP contribution in [0.3, 0.4) is 0 Å². The Balaban J connectivity index is 0.00000240. The summed E-state index contributed by atoms with van der Waals surface area (Å²) in [5.41, 5.74) is 17.7. The third kappa shape index (κ3) is 6.40. The third-order valence-electron chi connectivity index (χ3n) is 12.4. The minimum Gasteiger partial charge on any atom is -0.147 e. The van der Waals surface area contributed by atoms with Crippen LogP contribution in [0.2, 0.25) is 9.26 Å². The van der Waals surface area contributed by atoms with Crippen molar-refractivity contribution in [3.05, 3.63) is 154 Å². The monoisotopic (exact) mass is 830 g/mol. The van der Waals surface area contributed by atoms with Gasteiger partial charge in [0.2, 0.25) is 0 Å². The van der Waals surface area contributed by atoms with Crippen molar-refractivity contribution in [1.82, 2.24) is 0 Å². The molecule has 53 heavy (non-hydrogen) atoms. The maximum atomic E-state index is 2.79. The summed E-state index contributed by atoms with van der Waals surface area (Å²) in [7, 11) is 0. The molecule has 0 amide bonds. The van der Waals surface area contributed by atoms with Crippen molar-refractivity contribution in [3.63, 3.8) is 0 Å². The van der Waals surface area contributed by atoms with Crippen LogP contribution in [0.4, 0.5) is 0 Å². The molecule has 0 saturated carbocycles. The van der Waals surface area contributed by atoms with Gasteiger partial charge in [-0.2, -0.15) is 0 Å². The molecular weight excluding hydrogens is 779 g/mol. The number of hydrogen-bond donors (Lipinski definition) is 0. The number of fused-ring (bicyclic) bond motifs is 5. The predicted octanol–water partition coefficient (Wildman–Crippen LogP) is 14.4. The normalized spacial score (nSPS) is 16.9. The fraction of sp³-hybridized carbons (Fsp3) is 0.265. The van der Waals surface area contributed by atoms with E-state index in [-0.39, 0.29) is 30.2 Å². The van der Waals surface area contributed by atoms with Crippen molar-refractivity contribution >= 4 is 65.4 Å². The topological polar surface area (TPSA) is 0 Å². The van der Waals surface area contributed by atoms with Crippen molar-refractivity contribution in [1.29, 1.82) is 0 Å². The quantitative estimate of drug-likeness (QED) is 0.120. The summed E-state index contributed by atoms with van der Waals surface area (Å²) in [6, 6.07) is 41.7. The maximum absolute atomic E-state index is 3.79. The van der Waals surface area contributed by atoms with Gasteiger partial charge in [0, 0.05) is 0 Å². The van der Waals surface area contributed by atoms with Crippen LogP contribution in [-0.4, -0.2) is 6.88 Å². The van der Waals surface area contributed by atoms with Gasteiger partial charge in [0.25, 0.3) is 0 Å². The molecule has 0 aliphatic heterocycles. The molecule has 0 spiro atoms. The Labute approximate surface area is 332 Å². The van der Waals surface area contributed by atoms with Crippen LogP contribution in [0, 0.1) is 12.8 Å². The molecule has 6 aromatic carbocycles. The van der Waals surface area contributed by atoms with E-state index in [9.17, 15) is 0 Å². The molecule has 2 atom stereocenters. The largest absolute Gasteiger partial charge is 0.147 e. The second kappa shape index (κ2) is 13.9. The summed E-state index contributed by atoms with van der Waals surface area (Å²) >= 11 is -3.79. The third-order valence-corrected chi connectivity index (χ3v) is 30.0. The Bertz CT molecular complexity index is 2540. The predicted molar refractivity (Wildman–Crippen MR) is 239 cm³/mol. The summed E-state index contributed by atoms with van der Waals surface area (Å²) in [5, 5.41) is 5.30. The standard InChI is InChI=1S/C25H19.C22H25.2CH3.2ClH.H2Si.Zr/c1-16-14-24-17(2)10-12-23(25(24)15-16)21-9-5-8-20-19-7-4-3-6-18(19)11-13-22(20)21;1-15(2)18-13-17-7-6-8-20(21(17)14-18)16-9-11-19(12-10-16)22(3,4)5;;;;;;/h3-15H,1-2H3;6-15H,1-5H3;2*1H3;2*1H;1H2;. The molecule has 2 aliphatic carbocycles. The molecule has 0 radical (unpaired) electrons. The van der Waals surface area contributed by atoms with E-state index < -0.39 is 17.4 Å². The van der Waals surface area contributed by atoms with Crippen LogP contribution in [0.25, 0.3) is 56.0 Å². The van der Waals surface area contributed by atoms with Gasteiger partial charge in [0.05, 0.1) is 0 Å². The molecular formula is C49H54Cl2SiZr. The van der Waals surface area contributed by atoms with Crippen LogP contribution >= 0.6 is 24.8 Å². The molecule has 0 saturated heterocycles. The van der Waals surface area contributed by atoms with E-state index >= 15 is 0 Å². The van der Waals surface area contributed by atoms with Crippen LogP contribution < -0.4 is 0 Å². The van der Waals surface area contributed by atoms with Crippen molar-refractivity contribution < 1.29 is 17.4 Å². The summed E-state index contributed by atoms with van der Waals surface area (Å²) in [4.78, 5) is 0. The smallest absolute Gasteiger partial charge is 0.147 e. The van der Waals surface area contributed by atoms with E-state index in [4.69, 9.17) is 0 Å². The van der Waals surface area contributed by atoms with Gasteiger partial charge in [-0.25, -0.2) is 0 Å². The molecule has 0 aromatic heterocycles. The van der Waals surface area contributed by atoms with E-state index in [1.807, 2.05) is 0 Å². The molecule has 4 heteroatoms. The van der Waals surface area contributed by atoms with Gasteiger partial charge in [-0.1, -0.05) is 0 Å². The molecule has 8 rings (SSSR count). The summed E-state index contributed by atoms with van der Waals surface area (Å²) in [6.07, 6.45) is 5.20. The van der Waals surface area contributed by atoms with Gasteiger partial charge < -0.3 is 0 Å². The van der Waals surface area contributed by atoms with E-state index in [1.54, 1.807) is 22.3 Å². The van der Waals surface area contributed by atoms with Gasteiger partial charge in [-0.3, -0.25) is 0 Å². The van der Waals surface area contributed by atoms with Crippen LogP contribution in [-0.2, 0) is 22.8 Å². The first kappa shape index (κ1) is 39.7. The minimum absolute atomic E-state index is 0. The average Bonchev–Trinajstić information content (AvgIpc) is 3.68. The fourth-order valence-corrected chi connectivity index (χ4v) is 30.7. The number of halogens is 2. The first-order valence-electron chi connectivity index (χ1n) is 18.9. The van der Waals surface area contributed by atoms with E-state index in [1.165, 1.54) is 66.1 Å². The average molecular weight is 833 g/mol. The number of allylic oxidation sites excluding steroid dienone is 2. The van der Waals surface area contributed by atoms with Crippen LogP contribution in [0.5, 0.6) is 0 Å². The Morgan fingerprint density at radius 3 is 1.96 bits per heavy atom. The minimum atomic E-state index is -3.79. The summed E-state index contributed by atoms with van der Waals surface area (Å²) in [5.74, 6) is 0.485. The van der Waals surface area contributed by atoms with Crippen molar-refractivity contribution in [3.8, 4) is 22.3 Å². The SMILES string of the molecule is CC1=Cc2c(-c3cccc4c3ccc3ccccc34)ccc(C)c2[CH]1[Zr]([CH3])([CH3])(=[SiH2])[CH]1C(C(C)C)=Cc2c(-c3ccc(C(C)(C)C)cc3)cccc21.Cl.Cl. The number of aryl methyl sites for hydroxylation is 1. The van der Waals surface area contributed by atoms with Gasteiger partial charge in [-0.05, 0) is 0 Å². The fourth-order valence-electron chi connectivity index (χ4n) is 10.1. The zero-order valence-corrected chi connectivity index (χ0v) is 38.3. The van der Waals surface area contributed by atoms with Gasteiger partial charge in [0.1, 0.15) is 0 Å². The Morgan fingerprint density at radius 2 is 1.26 bits per heavy atom. The summed E-state index contributed by atoms with van der Waals surface area (Å²) in [6.45, 7) is 19.0. The second-order valence-electron chi connectivity index (χ2n) is 18.1. The van der Waals surface area contributed by atoms with Crippen LogP contribution in [0.15, 0.2) is 120 Å². The maximum Gasteiger partial charge on any atom is -0.147 e. The van der Waals surface area contributed by atoms with Crippen molar-refractivity contribution in [2.75, 3.05) is 0 Å². The molecule has 272 valence electrons. The van der Waals surface area contributed by atoms with Gasteiger partial charge >= 0.3 is 310 Å². The zero-order chi connectivity index (χ0) is 36.1. The molecule has 0 N–H and O–H groups in total. The van der Waals surface area contributed by atoms with Gasteiger partial charge in [0.15, 0.2) is 0 Å². The molecule has 0 heterocycles. The van der Waals surface area contributed by atoms with Crippen molar-refractivity contribution in [2.24, 2.45) is 5.92 Å². The number of benzene rings is 6. The zero-order valence-electron chi connectivity index (χ0n) is 32.8. The Morgan fingerprint density at radius 1 is 0.604 bits per heavy atom. The van der Waals surface area contributed by atoms with Gasteiger partial charge in [-0.15, -0.1) is 24.8 Å². The first-order chi connectivity index (χ1) is 24.1. The molecule has 2 unspecified atom stereocenters. The second-order valence-corrected chi connectivity index (χ2v) is 48.5. The molecule has 6 aromatic rings. The Hall–Kier alpha value is -3.00. The van der Waals surface area contributed by atoms with E-state index in [2.05, 4.69) is 186 Å². The Kier molecular flexibility index (Phi) is 10.4. The van der Waals surface area contributed by atoms with Crippen LogP contribution in [0.1, 0.15) is 82.2 Å². The molecule has 0 nitrogen and oxygen atoms in total.